The molecule has 26 heavy (non-hydrogen) atoms. The topological polar surface area (TPSA) is 12.5 Å². The third-order valence-corrected chi connectivity index (χ3v) is 4.93. The van der Waals surface area contributed by atoms with Gasteiger partial charge < -0.3 is 9.64 Å². The number of anilines is 1. The van der Waals surface area contributed by atoms with Gasteiger partial charge in [-0.15, -0.1) is 0 Å². The summed E-state index contributed by atoms with van der Waals surface area (Å²) >= 11 is 0. The molecule has 0 saturated carbocycles. The summed E-state index contributed by atoms with van der Waals surface area (Å²) in [5.74, 6) is 1.76. The molecule has 0 bridgehead atoms. The molecule has 1 atom stereocenters. The average molecular weight is 362 g/mol. The predicted molar refractivity (Wildman–Crippen MR) is 117 cm³/mol. The van der Waals surface area contributed by atoms with Crippen LogP contribution in [0.2, 0.25) is 0 Å². The number of aryl methyl sites for hydroxylation is 1. The standard InChI is InChI=1S/C24H43NO/c1-8-10-15-25(16-11-9-2)22-13-12-21(4)23(18-22)26-17-14-20(3)19-24(5,6)7/h12-13,18,20H,8-11,14-17,19H2,1-7H3. The minimum atomic E-state index is 0.397. The second-order valence-corrected chi connectivity index (χ2v) is 9.15. The fourth-order valence-electron chi connectivity index (χ4n) is 3.53. The van der Waals surface area contributed by atoms with Gasteiger partial charge in [0.05, 0.1) is 6.61 Å². The van der Waals surface area contributed by atoms with Crippen LogP contribution in [-0.2, 0) is 0 Å². The molecule has 0 aliphatic heterocycles. The number of nitrogens with zero attached hydrogens (tertiary/aromatic N) is 1. The first-order valence-electron chi connectivity index (χ1n) is 10.7. The molecular weight excluding hydrogens is 318 g/mol. The van der Waals surface area contributed by atoms with Crippen molar-refractivity contribution >= 4 is 5.69 Å². The fourth-order valence-corrected chi connectivity index (χ4v) is 3.53. The summed E-state index contributed by atoms with van der Waals surface area (Å²) in [6.07, 6.45) is 7.34. The number of rotatable bonds is 12. The summed E-state index contributed by atoms with van der Waals surface area (Å²) in [7, 11) is 0. The van der Waals surface area contributed by atoms with E-state index in [1.54, 1.807) is 0 Å². The van der Waals surface area contributed by atoms with Crippen molar-refractivity contribution in [2.45, 2.75) is 87.0 Å². The molecule has 1 unspecified atom stereocenters. The zero-order chi connectivity index (χ0) is 19.6. The van der Waals surface area contributed by atoms with Crippen molar-refractivity contribution in [3.63, 3.8) is 0 Å². The number of benzene rings is 1. The Morgan fingerprint density at radius 3 is 2.19 bits per heavy atom. The highest BCUT2D eigenvalue weighted by molar-refractivity contribution is 5.53. The van der Waals surface area contributed by atoms with Gasteiger partial charge in [0.2, 0.25) is 0 Å². The van der Waals surface area contributed by atoms with Crippen LogP contribution in [0, 0.1) is 18.3 Å². The fraction of sp³-hybridized carbons (Fsp3) is 0.750. The lowest BCUT2D eigenvalue weighted by molar-refractivity contribution is 0.240. The van der Waals surface area contributed by atoms with Gasteiger partial charge in [0.1, 0.15) is 5.75 Å². The summed E-state index contributed by atoms with van der Waals surface area (Å²) in [6.45, 7) is 19.1. The van der Waals surface area contributed by atoms with Gasteiger partial charge in [-0.2, -0.15) is 0 Å². The van der Waals surface area contributed by atoms with Crippen molar-refractivity contribution < 1.29 is 4.74 Å². The first kappa shape index (κ1) is 22.9. The molecule has 1 aromatic rings. The molecule has 0 aliphatic carbocycles. The van der Waals surface area contributed by atoms with Gasteiger partial charge in [0.25, 0.3) is 0 Å². The van der Waals surface area contributed by atoms with E-state index < -0.39 is 0 Å². The Morgan fingerprint density at radius 1 is 1.04 bits per heavy atom. The quantitative estimate of drug-likeness (QED) is 0.389. The van der Waals surface area contributed by atoms with Gasteiger partial charge in [0.15, 0.2) is 0 Å². The van der Waals surface area contributed by atoms with Crippen LogP contribution >= 0.6 is 0 Å². The summed E-state index contributed by atoms with van der Waals surface area (Å²) in [5, 5.41) is 0. The zero-order valence-electron chi connectivity index (χ0n) is 18.5. The molecule has 2 nitrogen and oxygen atoms in total. The van der Waals surface area contributed by atoms with Crippen LogP contribution in [0.1, 0.15) is 85.6 Å². The van der Waals surface area contributed by atoms with Crippen LogP contribution in [0.15, 0.2) is 18.2 Å². The van der Waals surface area contributed by atoms with Gasteiger partial charge in [-0.05, 0) is 55.6 Å². The molecule has 0 aromatic heterocycles. The molecule has 1 aromatic carbocycles. The van der Waals surface area contributed by atoms with Crippen LogP contribution in [0.3, 0.4) is 0 Å². The second kappa shape index (κ2) is 11.5. The van der Waals surface area contributed by atoms with E-state index in [4.69, 9.17) is 4.74 Å². The van der Waals surface area contributed by atoms with Crippen LogP contribution < -0.4 is 9.64 Å². The van der Waals surface area contributed by atoms with E-state index in [0.29, 0.717) is 11.3 Å². The lowest BCUT2D eigenvalue weighted by Crippen LogP contribution is -2.25. The largest absolute Gasteiger partial charge is 0.493 e. The molecule has 0 heterocycles. The van der Waals surface area contributed by atoms with E-state index in [1.807, 2.05) is 0 Å². The lowest BCUT2D eigenvalue weighted by Gasteiger charge is -2.26. The van der Waals surface area contributed by atoms with Crippen molar-refractivity contribution in [2.75, 3.05) is 24.6 Å². The van der Waals surface area contributed by atoms with Crippen LogP contribution in [0.25, 0.3) is 0 Å². The molecule has 0 aliphatic rings. The van der Waals surface area contributed by atoms with Crippen LogP contribution in [-0.4, -0.2) is 19.7 Å². The maximum Gasteiger partial charge on any atom is 0.124 e. The lowest BCUT2D eigenvalue weighted by atomic mass is 9.84. The SMILES string of the molecule is CCCCN(CCCC)c1ccc(C)c(OCCC(C)CC(C)(C)C)c1. The molecule has 0 N–H and O–H groups in total. The molecule has 0 amide bonds. The summed E-state index contributed by atoms with van der Waals surface area (Å²) in [6, 6.07) is 6.74. The molecule has 0 saturated heterocycles. The number of hydrogen-bond acceptors (Lipinski definition) is 2. The third-order valence-electron chi connectivity index (χ3n) is 4.93. The zero-order valence-corrected chi connectivity index (χ0v) is 18.5. The van der Waals surface area contributed by atoms with E-state index >= 15 is 0 Å². The molecule has 0 fully saturated rings. The first-order valence-corrected chi connectivity index (χ1v) is 10.7. The monoisotopic (exact) mass is 361 g/mol. The Balaban J connectivity index is 2.69. The van der Waals surface area contributed by atoms with E-state index in [9.17, 15) is 0 Å². The summed E-state index contributed by atoms with van der Waals surface area (Å²) in [5.41, 5.74) is 2.95. The van der Waals surface area contributed by atoms with Gasteiger partial charge in [-0.1, -0.05) is 60.5 Å². The van der Waals surface area contributed by atoms with E-state index in [0.717, 1.165) is 31.9 Å². The van der Waals surface area contributed by atoms with Crippen molar-refractivity contribution in [2.24, 2.45) is 11.3 Å². The van der Waals surface area contributed by atoms with Crippen molar-refractivity contribution in [1.82, 2.24) is 0 Å². The van der Waals surface area contributed by atoms with Crippen LogP contribution in [0.5, 0.6) is 5.75 Å². The highest BCUT2D eigenvalue weighted by Gasteiger charge is 2.15. The molecular formula is C24H43NO. The summed E-state index contributed by atoms with van der Waals surface area (Å²) < 4.78 is 6.20. The van der Waals surface area contributed by atoms with Gasteiger partial charge >= 0.3 is 0 Å². The smallest absolute Gasteiger partial charge is 0.124 e. The second-order valence-electron chi connectivity index (χ2n) is 9.15. The van der Waals surface area contributed by atoms with Crippen molar-refractivity contribution in [1.29, 1.82) is 0 Å². The Bertz CT molecular complexity index is 495. The minimum absolute atomic E-state index is 0.397. The molecule has 1 rings (SSSR count). The van der Waals surface area contributed by atoms with Crippen LogP contribution in [0.4, 0.5) is 5.69 Å². The molecule has 0 spiro atoms. The highest BCUT2D eigenvalue weighted by Crippen LogP contribution is 2.28. The van der Waals surface area contributed by atoms with E-state index in [1.165, 1.54) is 43.4 Å². The maximum atomic E-state index is 6.20. The first-order chi connectivity index (χ1) is 12.3. The molecule has 150 valence electrons. The van der Waals surface area contributed by atoms with Gasteiger partial charge in [-0.25, -0.2) is 0 Å². The van der Waals surface area contributed by atoms with Gasteiger partial charge in [0, 0.05) is 24.8 Å². The Labute approximate surface area is 163 Å². The maximum absolute atomic E-state index is 6.20. The minimum Gasteiger partial charge on any atom is -0.493 e. The number of unbranched alkanes of at least 4 members (excludes halogenated alkanes) is 2. The van der Waals surface area contributed by atoms with Gasteiger partial charge in [-0.3, -0.25) is 0 Å². The summed E-state index contributed by atoms with van der Waals surface area (Å²) in [4.78, 5) is 2.53. The Kier molecular flexibility index (Phi) is 10.1. The molecule has 0 radical (unpaired) electrons. The average Bonchev–Trinajstić information content (AvgIpc) is 2.55. The number of ether oxygens (including phenoxy) is 1. The third kappa shape index (κ3) is 8.96. The Morgan fingerprint density at radius 2 is 1.65 bits per heavy atom. The normalized spacial score (nSPS) is 12.9. The van der Waals surface area contributed by atoms with Crippen molar-refractivity contribution in [3.8, 4) is 5.75 Å². The van der Waals surface area contributed by atoms with Crippen molar-refractivity contribution in [3.05, 3.63) is 23.8 Å². The highest BCUT2D eigenvalue weighted by atomic mass is 16.5. The van der Waals surface area contributed by atoms with E-state index in [2.05, 4.69) is 71.6 Å². The van der Waals surface area contributed by atoms with E-state index in [-0.39, 0.29) is 0 Å². The predicted octanol–water partition coefficient (Wildman–Crippen LogP) is 7.24. The Hall–Kier alpha value is -1.18. The molecule has 2 heteroatoms. The number of hydrogen-bond donors (Lipinski definition) is 0.